The third kappa shape index (κ3) is 1.66. The second-order valence-corrected chi connectivity index (χ2v) is 5.97. The summed E-state index contributed by atoms with van der Waals surface area (Å²) in [5, 5.41) is 0. The molecule has 1 aliphatic rings. The van der Waals surface area contributed by atoms with Crippen molar-refractivity contribution in [1.82, 2.24) is 9.55 Å². The molecule has 1 aromatic carbocycles. The van der Waals surface area contributed by atoms with Crippen LogP contribution in [0.25, 0.3) is 11.0 Å². The molecule has 2 nitrogen and oxygen atoms in total. The maximum absolute atomic E-state index is 5.93. The topological polar surface area (TPSA) is 17.8 Å². The SMILES string of the molecule is Cc1cccc2c1nc(CCCl)n2C1(C)CCC1. The van der Waals surface area contributed by atoms with E-state index in [-0.39, 0.29) is 5.54 Å². The van der Waals surface area contributed by atoms with Gasteiger partial charge in [0.25, 0.3) is 0 Å². The van der Waals surface area contributed by atoms with Gasteiger partial charge in [-0.1, -0.05) is 12.1 Å². The van der Waals surface area contributed by atoms with E-state index in [1.807, 2.05) is 0 Å². The molecule has 1 saturated carbocycles. The minimum absolute atomic E-state index is 0.254. The third-order valence-electron chi connectivity index (χ3n) is 4.24. The number of hydrogen-bond donors (Lipinski definition) is 0. The fraction of sp³-hybridized carbons (Fsp3) is 0.533. The van der Waals surface area contributed by atoms with Crippen molar-refractivity contribution in [3.63, 3.8) is 0 Å². The van der Waals surface area contributed by atoms with Gasteiger partial charge in [-0.15, -0.1) is 11.6 Å². The van der Waals surface area contributed by atoms with Crippen molar-refractivity contribution in [2.45, 2.75) is 45.1 Å². The second-order valence-electron chi connectivity index (χ2n) is 5.60. The van der Waals surface area contributed by atoms with Crippen LogP contribution in [0.3, 0.4) is 0 Å². The summed E-state index contributed by atoms with van der Waals surface area (Å²) in [4.78, 5) is 4.83. The monoisotopic (exact) mass is 262 g/mol. The molecule has 0 bridgehead atoms. The average Bonchev–Trinajstić information content (AvgIpc) is 2.67. The Balaban J connectivity index is 2.25. The molecular weight excluding hydrogens is 244 g/mol. The molecule has 96 valence electrons. The molecule has 0 atom stereocenters. The molecule has 1 aliphatic carbocycles. The average molecular weight is 263 g/mol. The standard InChI is InChI=1S/C15H19ClN2/c1-11-5-3-6-12-14(11)17-13(7-10-16)18(12)15(2)8-4-9-15/h3,5-6H,4,7-10H2,1-2H3. The van der Waals surface area contributed by atoms with Gasteiger partial charge in [0.05, 0.1) is 11.0 Å². The van der Waals surface area contributed by atoms with Crippen LogP contribution in [0.15, 0.2) is 18.2 Å². The number of hydrogen-bond acceptors (Lipinski definition) is 1. The lowest BCUT2D eigenvalue weighted by Crippen LogP contribution is -2.38. The summed E-state index contributed by atoms with van der Waals surface area (Å²) < 4.78 is 2.45. The van der Waals surface area contributed by atoms with Gasteiger partial charge in [0.2, 0.25) is 0 Å². The highest BCUT2D eigenvalue weighted by Gasteiger charge is 2.36. The Hall–Kier alpha value is -1.02. The van der Waals surface area contributed by atoms with Crippen molar-refractivity contribution in [1.29, 1.82) is 0 Å². The smallest absolute Gasteiger partial charge is 0.111 e. The van der Waals surface area contributed by atoms with E-state index >= 15 is 0 Å². The fourth-order valence-corrected chi connectivity index (χ4v) is 3.22. The first-order chi connectivity index (χ1) is 8.65. The van der Waals surface area contributed by atoms with E-state index in [9.17, 15) is 0 Å². The molecule has 0 aliphatic heterocycles. The third-order valence-corrected chi connectivity index (χ3v) is 4.43. The number of aromatic nitrogens is 2. The first-order valence-electron chi connectivity index (χ1n) is 6.69. The number of aryl methyl sites for hydroxylation is 2. The number of nitrogens with zero attached hydrogens (tertiary/aromatic N) is 2. The van der Waals surface area contributed by atoms with Gasteiger partial charge in [0, 0.05) is 17.8 Å². The summed E-state index contributed by atoms with van der Waals surface area (Å²) in [6, 6.07) is 6.45. The van der Waals surface area contributed by atoms with Crippen LogP contribution in [0.1, 0.15) is 37.6 Å². The van der Waals surface area contributed by atoms with Gasteiger partial charge in [0.15, 0.2) is 0 Å². The van der Waals surface area contributed by atoms with Gasteiger partial charge in [-0.3, -0.25) is 0 Å². The molecule has 1 fully saturated rings. The number of imidazole rings is 1. The molecule has 1 aromatic heterocycles. The molecule has 0 saturated heterocycles. The molecule has 1 heterocycles. The van der Waals surface area contributed by atoms with Crippen molar-refractivity contribution in [3.8, 4) is 0 Å². The number of fused-ring (bicyclic) bond motifs is 1. The lowest BCUT2D eigenvalue weighted by atomic mass is 9.78. The van der Waals surface area contributed by atoms with Gasteiger partial charge >= 0.3 is 0 Å². The van der Waals surface area contributed by atoms with Gasteiger partial charge in [-0.2, -0.15) is 0 Å². The zero-order valence-corrected chi connectivity index (χ0v) is 11.8. The minimum atomic E-state index is 0.254. The summed E-state index contributed by atoms with van der Waals surface area (Å²) in [6.45, 7) is 4.48. The highest BCUT2D eigenvalue weighted by atomic mass is 35.5. The maximum Gasteiger partial charge on any atom is 0.111 e. The molecule has 3 rings (SSSR count). The van der Waals surface area contributed by atoms with E-state index in [0.717, 1.165) is 17.8 Å². The van der Waals surface area contributed by atoms with Crippen LogP contribution in [-0.2, 0) is 12.0 Å². The van der Waals surface area contributed by atoms with Gasteiger partial charge in [-0.25, -0.2) is 4.98 Å². The van der Waals surface area contributed by atoms with E-state index in [1.54, 1.807) is 0 Å². The normalized spacial score (nSPS) is 17.9. The number of benzene rings is 1. The predicted molar refractivity (Wildman–Crippen MR) is 76.4 cm³/mol. The largest absolute Gasteiger partial charge is 0.322 e. The minimum Gasteiger partial charge on any atom is -0.322 e. The summed E-state index contributed by atoms with van der Waals surface area (Å²) in [7, 11) is 0. The van der Waals surface area contributed by atoms with E-state index in [0.29, 0.717) is 5.88 Å². The summed E-state index contributed by atoms with van der Waals surface area (Å²) in [5.74, 6) is 1.79. The van der Waals surface area contributed by atoms with Crippen molar-refractivity contribution < 1.29 is 0 Å². The second kappa shape index (κ2) is 4.27. The number of para-hydroxylation sites is 1. The fourth-order valence-electron chi connectivity index (χ4n) is 3.05. The first kappa shape index (κ1) is 12.0. The van der Waals surface area contributed by atoms with E-state index in [2.05, 4.69) is 36.6 Å². The van der Waals surface area contributed by atoms with Crippen LogP contribution in [0.5, 0.6) is 0 Å². The van der Waals surface area contributed by atoms with Crippen molar-refractivity contribution in [2.24, 2.45) is 0 Å². The molecule has 3 heteroatoms. The zero-order chi connectivity index (χ0) is 12.8. The Morgan fingerprint density at radius 1 is 1.39 bits per heavy atom. The van der Waals surface area contributed by atoms with E-state index in [1.165, 1.54) is 30.3 Å². The summed E-state index contributed by atoms with van der Waals surface area (Å²) >= 11 is 5.93. The summed E-state index contributed by atoms with van der Waals surface area (Å²) in [5.41, 5.74) is 3.93. The molecule has 2 aromatic rings. The Bertz CT molecular complexity index is 581. The van der Waals surface area contributed by atoms with Crippen molar-refractivity contribution in [2.75, 3.05) is 5.88 Å². The van der Waals surface area contributed by atoms with Gasteiger partial charge < -0.3 is 4.57 Å². The molecule has 0 radical (unpaired) electrons. The van der Waals surface area contributed by atoms with Crippen molar-refractivity contribution in [3.05, 3.63) is 29.6 Å². The Morgan fingerprint density at radius 3 is 2.78 bits per heavy atom. The molecule has 0 unspecified atom stereocenters. The van der Waals surface area contributed by atoms with Gasteiger partial charge in [0.1, 0.15) is 5.82 Å². The summed E-state index contributed by atoms with van der Waals surface area (Å²) in [6.07, 6.45) is 4.68. The Labute approximate surface area is 113 Å². The molecule has 0 N–H and O–H groups in total. The molecule has 0 amide bonds. The molecule has 0 spiro atoms. The van der Waals surface area contributed by atoms with Gasteiger partial charge in [-0.05, 0) is 44.7 Å². The van der Waals surface area contributed by atoms with E-state index in [4.69, 9.17) is 16.6 Å². The highest BCUT2D eigenvalue weighted by Crippen LogP contribution is 2.42. The Kier molecular flexibility index (Phi) is 2.86. The van der Waals surface area contributed by atoms with Crippen LogP contribution in [0.4, 0.5) is 0 Å². The zero-order valence-electron chi connectivity index (χ0n) is 11.0. The quantitative estimate of drug-likeness (QED) is 0.764. The molecular formula is C15H19ClN2. The van der Waals surface area contributed by atoms with Crippen LogP contribution in [-0.4, -0.2) is 15.4 Å². The predicted octanol–water partition coefficient (Wildman–Crippen LogP) is 4.03. The first-order valence-corrected chi connectivity index (χ1v) is 7.22. The van der Waals surface area contributed by atoms with Crippen LogP contribution >= 0.6 is 11.6 Å². The van der Waals surface area contributed by atoms with Crippen LogP contribution in [0.2, 0.25) is 0 Å². The lowest BCUT2D eigenvalue weighted by molar-refractivity contribution is 0.170. The highest BCUT2D eigenvalue weighted by molar-refractivity contribution is 6.17. The van der Waals surface area contributed by atoms with Crippen LogP contribution < -0.4 is 0 Å². The van der Waals surface area contributed by atoms with Crippen LogP contribution in [0, 0.1) is 6.92 Å². The van der Waals surface area contributed by atoms with Crippen molar-refractivity contribution >= 4 is 22.6 Å². The van der Waals surface area contributed by atoms with E-state index < -0.39 is 0 Å². The number of alkyl halides is 1. The lowest BCUT2D eigenvalue weighted by Gasteiger charge is -2.41. The maximum atomic E-state index is 5.93. The number of halogens is 1. The Morgan fingerprint density at radius 2 is 2.17 bits per heavy atom. The molecule has 18 heavy (non-hydrogen) atoms. The number of rotatable bonds is 3.